The molecule has 0 saturated heterocycles. The number of carbonyl (C=O) groups excluding carboxylic acids is 2. The molecule has 4 rings (SSSR count). The van der Waals surface area contributed by atoms with Crippen molar-refractivity contribution in [1.29, 1.82) is 0 Å². The van der Waals surface area contributed by atoms with Gasteiger partial charge in [-0.25, -0.2) is 12.7 Å². The van der Waals surface area contributed by atoms with Gasteiger partial charge in [0, 0.05) is 22.2 Å². The van der Waals surface area contributed by atoms with E-state index in [1.165, 1.54) is 36.4 Å². The Balaban J connectivity index is 1.82. The van der Waals surface area contributed by atoms with Gasteiger partial charge < -0.3 is 15.2 Å². The molecular formula is C28H30N2O6S. The van der Waals surface area contributed by atoms with Crippen LogP contribution in [0.15, 0.2) is 71.6 Å². The molecule has 0 saturated carbocycles. The summed E-state index contributed by atoms with van der Waals surface area (Å²) in [5.74, 6) is -0.717. The summed E-state index contributed by atoms with van der Waals surface area (Å²) in [6, 6.07) is 16.6. The molecule has 2 amide bonds. The van der Waals surface area contributed by atoms with Crippen molar-refractivity contribution in [1.82, 2.24) is 5.32 Å². The Kier molecular flexibility index (Phi) is 6.54. The van der Waals surface area contributed by atoms with E-state index in [1.807, 2.05) is 27.7 Å². The number of hydrogen-bond acceptors (Lipinski definition) is 6. The zero-order valence-electron chi connectivity index (χ0n) is 21.4. The fourth-order valence-corrected chi connectivity index (χ4v) is 5.98. The Hall–Kier alpha value is -3.85. The Morgan fingerprint density at radius 2 is 1.68 bits per heavy atom. The third-order valence-corrected chi connectivity index (χ3v) is 7.95. The van der Waals surface area contributed by atoms with E-state index in [0.29, 0.717) is 23.5 Å². The van der Waals surface area contributed by atoms with Gasteiger partial charge in [-0.05, 0) is 83.1 Å². The number of para-hydroxylation sites is 1. The minimum absolute atomic E-state index is 0.125. The van der Waals surface area contributed by atoms with E-state index in [-0.39, 0.29) is 27.8 Å². The highest BCUT2D eigenvalue weighted by Gasteiger charge is 2.54. The van der Waals surface area contributed by atoms with Gasteiger partial charge in [-0.1, -0.05) is 18.2 Å². The van der Waals surface area contributed by atoms with Crippen LogP contribution >= 0.6 is 0 Å². The van der Waals surface area contributed by atoms with Gasteiger partial charge in [0.1, 0.15) is 16.9 Å². The maximum absolute atomic E-state index is 14.0. The summed E-state index contributed by atoms with van der Waals surface area (Å²) in [7, 11) is -4.37. The molecule has 1 aliphatic rings. The van der Waals surface area contributed by atoms with Crippen molar-refractivity contribution in [3.05, 3.63) is 83.4 Å². The molecule has 1 atom stereocenters. The normalized spacial score (nSPS) is 17.4. The standard InChI is InChI=1S/C28H30N2O6S/c1-6-36-19-13-16-23-22(17-19)28(5,21-9-7-8-10-24(21)31)26(33)30(23)37(34,35)20-14-11-18(12-15-20)25(32)29-27(2,3)4/h7-17,31H,6H2,1-5H3,(H,29,32). The summed E-state index contributed by atoms with van der Waals surface area (Å²) >= 11 is 0. The largest absolute Gasteiger partial charge is 0.508 e. The van der Waals surface area contributed by atoms with E-state index < -0.39 is 26.9 Å². The van der Waals surface area contributed by atoms with Crippen LogP contribution < -0.4 is 14.4 Å². The SMILES string of the molecule is CCOc1ccc2c(c1)C(C)(c1ccccc1O)C(=O)N2S(=O)(=O)c1ccc(C(=O)NC(C)(C)C)cc1. The van der Waals surface area contributed by atoms with Gasteiger partial charge in [-0.15, -0.1) is 0 Å². The van der Waals surface area contributed by atoms with Crippen molar-refractivity contribution >= 4 is 27.5 Å². The number of nitrogens with one attached hydrogen (secondary N) is 1. The number of sulfonamides is 1. The zero-order chi connectivity index (χ0) is 27.2. The molecule has 0 spiro atoms. The van der Waals surface area contributed by atoms with Gasteiger partial charge in [-0.3, -0.25) is 9.59 Å². The Morgan fingerprint density at radius 3 is 2.27 bits per heavy atom. The molecule has 0 aromatic heterocycles. The number of ether oxygens (including phenoxy) is 1. The van der Waals surface area contributed by atoms with Crippen LogP contribution in [0.25, 0.3) is 0 Å². The van der Waals surface area contributed by atoms with Crippen molar-refractivity contribution in [2.75, 3.05) is 10.9 Å². The number of nitrogens with zero attached hydrogens (tertiary/aromatic N) is 1. The molecule has 0 radical (unpaired) electrons. The van der Waals surface area contributed by atoms with E-state index >= 15 is 0 Å². The molecule has 1 unspecified atom stereocenters. The summed E-state index contributed by atoms with van der Waals surface area (Å²) in [4.78, 5) is 26.3. The van der Waals surface area contributed by atoms with Crippen LogP contribution in [-0.4, -0.2) is 37.5 Å². The van der Waals surface area contributed by atoms with Gasteiger partial charge in [-0.2, -0.15) is 0 Å². The maximum atomic E-state index is 14.0. The summed E-state index contributed by atoms with van der Waals surface area (Å²) in [6.45, 7) is 9.34. The number of fused-ring (bicyclic) bond motifs is 1. The van der Waals surface area contributed by atoms with E-state index in [9.17, 15) is 23.1 Å². The first kappa shape index (κ1) is 26.2. The Morgan fingerprint density at radius 1 is 1.03 bits per heavy atom. The number of rotatable bonds is 6. The van der Waals surface area contributed by atoms with Crippen LogP contribution in [0.2, 0.25) is 0 Å². The first-order valence-electron chi connectivity index (χ1n) is 11.9. The van der Waals surface area contributed by atoms with Gasteiger partial charge in [0.15, 0.2) is 0 Å². The molecule has 8 nitrogen and oxygen atoms in total. The highest BCUT2D eigenvalue weighted by molar-refractivity contribution is 7.93. The molecule has 1 aliphatic heterocycles. The lowest BCUT2D eigenvalue weighted by Crippen LogP contribution is -2.42. The molecule has 2 N–H and O–H groups in total. The third-order valence-electron chi connectivity index (χ3n) is 6.23. The molecule has 37 heavy (non-hydrogen) atoms. The zero-order valence-corrected chi connectivity index (χ0v) is 22.2. The minimum atomic E-state index is -4.37. The first-order valence-corrected chi connectivity index (χ1v) is 13.3. The van der Waals surface area contributed by atoms with Crippen LogP contribution in [0, 0.1) is 0 Å². The van der Waals surface area contributed by atoms with Crippen LogP contribution in [-0.2, 0) is 20.2 Å². The maximum Gasteiger partial charge on any atom is 0.270 e. The average molecular weight is 523 g/mol. The number of amides is 2. The summed E-state index contributed by atoms with van der Waals surface area (Å²) in [5, 5.41) is 13.5. The van der Waals surface area contributed by atoms with E-state index in [4.69, 9.17) is 4.74 Å². The average Bonchev–Trinajstić information content (AvgIpc) is 3.06. The van der Waals surface area contributed by atoms with Crippen molar-refractivity contribution in [3.63, 3.8) is 0 Å². The second kappa shape index (κ2) is 9.23. The smallest absolute Gasteiger partial charge is 0.270 e. The molecule has 3 aromatic rings. The molecule has 1 heterocycles. The highest BCUT2D eigenvalue weighted by atomic mass is 32.2. The second-order valence-electron chi connectivity index (χ2n) is 10.1. The number of anilines is 1. The number of phenolic OH excluding ortho intramolecular Hbond substituents is 1. The molecule has 0 fully saturated rings. The summed E-state index contributed by atoms with van der Waals surface area (Å²) in [5.41, 5.74) is -0.804. The van der Waals surface area contributed by atoms with E-state index in [0.717, 1.165) is 4.31 Å². The lowest BCUT2D eigenvalue weighted by molar-refractivity contribution is -0.120. The van der Waals surface area contributed by atoms with E-state index in [2.05, 4.69) is 5.32 Å². The Bertz CT molecular complexity index is 1480. The van der Waals surface area contributed by atoms with Crippen molar-refractivity contribution in [2.24, 2.45) is 0 Å². The fourth-order valence-electron chi connectivity index (χ4n) is 4.47. The summed E-state index contributed by atoms with van der Waals surface area (Å²) < 4.78 is 34.1. The van der Waals surface area contributed by atoms with Gasteiger partial charge in [0.2, 0.25) is 0 Å². The molecule has 9 heteroatoms. The van der Waals surface area contributed by atoms with Crippen LogP contribution in [0.5, 0.6) is 11.5 Å². The lowest BCUT2D eigenvalue weighted by Gasteiger charge is -2.25. The lowest BCUT2D eigenvalue weighted by atomic mass is 9.77. The first-order chi connectivity index (χ1) is 17.3. The van der Waals surface area contributed by atoms with Crippen molar-refractivity contribution in [2.45, 2.75) is 50.5 Å². The Labute approximate surface area is 216 Å². The monoisotopic (exact) mass is 522 g/mol. The molecule has 194 valence electrons. The molecule has 0 aliphatic carbocycles. The predicted molar refractivity (Wildman–Crippen MR) is 141 cm³/mol. The van der Waals surface area contributed by atoms with Gasteiger partial charge in [0.05, 0.1) is 17.2 Å². The molecule has 0 bridgehead atoms. The number of aromatic hydroxyl groups is 1. The summed E-state index contributed by atoms with van der Waals surface area (Å²) in [6.07, 6.45) is 0. The number of carbonyl (C=O) groups is 2. The quantitative estimate of drug-likeness (QED) is 0.497. The highest BCUT2D eigenvalue weighted by Crippen LogP contribution is 2.51. The van der Waals surface area contributed by atoms with Crippen LogP contribution in [0.3, 0.4) is 0 Å². The molecule has 3 aromatic carbocycles. The van der Waals surface area contributed by atoms with Crippen LogP contribution in [0.4, 0.5) is 5.69 Å². The van der Waals surface area contributed by atoms with Gasteiger partial charge >= 0.3 is 0 Å². The van der Waals surface area contributed by atoms with Crippen molar-refractivity contribution < 1.29 is 27.9 Å². The van der Waals surface area contributed by atoms with E-state index in [1.54, 1.807) is 37.3 Å². The minimum Gasteiger partial charge on any atom is -0.508 e. The predicted octanol–water partition coefficient (Wildman–Crippen LogP) is 4.36. The number of hydrogen-bond donors (Lipinski definition) is 2. The number of phenols is 1. The number of benzene rings is 3. The topological polar surface area (TPSA) is 113 Å². The fraction of sp³-hybridized carbons (Fsp3) is 0.286. The molecular weight excluding hydrogens is 492 g/mol. The van der Waals surface area contributed by atoms with Crippen molar-refractivity contribution in [3.8, 4) is 11.5 Å². The second-order valence-corrected chi connectivity index (χ2v) is 11.8. The third kappa shape index (κ3) is 4.55. The van der Waals surface area contributed by atoms with Crippen LogP contribution in [0.1, 0.15) is 56.1 Å². The van der Waals surface area contributed by atoms with Gasteiger partial charge in [0.25, 0.3) is 21.8 Å².